The minimum absolute atomic E-state index is 0.0224. The van der Waals surface area contributed by atoms with Crippen molar-refractivity contribution < 1.29 is 4.74 Å². The average molecular weight is 262 g/mol. The number of ether oxygens (including phenoxy) is 1. The van der Waals surface area contributed by atoms with E-state index in [1.165, 1.54) is 5.56 Å². The Balaban J connectivity index is 2.32. The van der Waals surface area contributed by atoms with Crippen LogP contribution in [0.2, 0.25) is 0 Å². The topological polar surface area (TPSA) is 47.3 Å². The Bertz CT molecular complexity index is 493. The third-order valence-corrected chi connectivity index (χ3v) is 3.99. The van der Waals surface area contributed by atoms with Crippen molar-refractivity contribution in [3.63, 3.8) is 0 Å². The van der Waals surface area contributed by atoms with Gasteiger partial charge in [-0.05, 0) is 29.0 Å². The molecule has 2 rings (SSSR count). The Labute approximate surface area is 112 Å². The van der Waals surface area contributed by atoms with Crippen molar-refractivity contribution in [3.05, 3.63) is 51.7 Å². The number of nitrogens with one attached hydrogen (secondary N) is 1. The molecule has 2 aromatic rings. The zero-order valence-electron chi connectivity index (χ0n) is 10.6. The molecule has 0 fully saturated rings. The van der Waals surface area contributed by atoms with Gasteiger partial charge in [0.1, 0.15) is 5.75 Å². The molecule has 3 N–H and O–H groups in total. The van der Waals surface area contributed by atoms with Crippen molar-refractivity contribution >= 4 is 11.3 Å². The lowest BCUT2D eigenvalue weighted by Gasteiger charge is -2.16. The van der Waals surface area contributed by atoms with Gasteiger partial charge in [0, 0.05) is 0 Å². The fourth-order valence-corrected chi connectivity index (χ4v) is 2.90. The first-order valence-corrected chi connectivity index (χ1v) is 6.84. The molecule has 4 heteroatoms. The SMILES string of the molecule is CCc1ccc(C(NN)c2sccc2OC)cc1. The summed E-state index contributed by atoms with van der Waals surface area (Å²) in [7, 11) is 1.68. The predicted molar refractivity (Wildman–Crippen MR) is 75.9 cm³/mol. The second kappa shape index (κ2) is 6.00. The molecular formula is C14H18N2OS. The summed E-state index contributed by atoms with van der Waals surface area (Å²) in [6.45, 7) is 2.15. The molecule has 1 aromatic heterocycles. The summed E-state index contributed by atoms with van der Waals surface area (Å²) in [5, 5.41) is 2.01. The van der Waals surface area contributed by atoms with Crippen LogP contribution in [0.25, 0.3) is 0 Å². The van der Waals surface area contributed by atoms with Gasteiger partial charge >= 0.3 is 0 Å². The van der Waals surface area contributed by atoms with Gasteiger partial charge in [0.05, 0.1) is 18.0 Å². The molecule has 0 aliphatic carbocycles. The summed E-state index contributed by atoms with van der Waals surface area (Å²) in [5.41, 5.74) is 5.34. The summed E-state index contributed by atoms with van der Waals surface area (Å²) in [6.07, 6.45) is 1.04. The van der Waals surface area contributed by atoms with E-state index >= 15 is 0 Å². The molecule has 0 radical (unpaired) electrons. The van der Waals surface area contributed by atoms with Crippen LogP contribution in [-0.2, 0) is 6.42 Å². The van der Waals surface area contributed by atoms with E-state index < -0.39 is 0 Å². The molecule has 0 saturated heterocycles. The van der Waals surface area contributed by atoms with E-state index in [9.17, 15) is 0 Å². The average Bonchev–Trinajstić information content (AvgIpc) is 2.89. The summed E-state index contributed by atoms with van der Waals surface area (Å²) < 4.78 is 5.35. The Kier molecular flexibility index (Phi) is 4.36. The molecule has 0 amide bonds. The van der Waals surface area contributed by atoms with Crippen LogP contribution < -0.4 is 16.0 Å². The maximum atomic E-state index is 5.69. The van der Waals surface area contributed by atoms with Gasteiger partial charge in [-0.15, -0.1) is 11.3 Å². The van der Waals surface area contributed by atoms with Crippen LogP contribution >= 0.6 is 11.3 Å². The Morgan fingerprint density at radius 1 is 1.28 bits per heavy atom. The summed E-state index contributed by atoms with van der Waals surface area (Å²) in [4.78, 5) is 1.10. The van der Waals surface area contributed by atoms with E-state index in [4.69, 9.17) is 10.6 Å². The van der Waals surface area contributed by atoms with Crippen LogP contribution in [0.3, 0.4) is 0 Å². The molecule has 0 aliphatic heterocycles. The van der Waals surface area contributed by atoms with E-state index in [2.05, 4.69) is 36.6 Å². The Morgan fingerprint density at radius 2 is 2.00 bits per heavy atom. The lowest BCUT2D eigenvalue weighted by atomic mass is 10.0. The van der Waals surface area contributed by atoms with Gasteiger partial charge in [-0.2, -0.15) is 0 Å². The molecule has 0 aliphatic rings. The maximum absolute atomic E-state index is 5.69. The van der Waals surface area contributed by atoms with Gasteiger partial charge < -0.3 is 4.74 Å². The van der Waals surface area contributed by atoms with Crippen LogP contribution in [0.15, 0.2) is 35.7 Å². The maximum Gasteiger partial charge on any atom is 0.134 e. The van der Waals surface area contributed by atoms with E-state index in [1.54, 1.807) is 18.4 Å². The highest BCUT2D eigenvalue weighted by Crippen LogP contribution is 2.34. The molecule has 96 valence electrons. The number of thiophene rings is 1. The summed E-state index contributed by atoms with van der Waals surface area (Å²) >= 11 is 1.64. The number of benzene rings is 1. The molecule has 1 aromatic carbocycles. The van der Waals surface area contributed by atoms with Gasteiger partial charge in [-0.25, -0.2) is 5.43 Å². The number of aryl methyl sites for hydroxylation is 1. The molecule has 3 nitrogen and oxygen atoms in total. The second-order valence-corrected chi connectivity index (χ2v) is 5.00. The van der Waals surface area contributed by atoms with Crippen LogP contribution in [0, 0.1) is 0 Å². The largest absolute Gasteiger partial charge is 0.496 e. The first-order valence-electron chi connectivity index (χ1n) is 5.96. The number of hydrazine groups is 1. The highest BCUT2D eigenvalue weighted by atomic mass is 32.1. The van der Waals surface area contributed by atoms with Gasteiger partial charge in [-0.1, -0.05) is 31.2 Å². The van der Waals surface area contributed by atoms with E-state index in [0.29, 0.717) is 0 Å². The monoisotopic (exact) mass is 262 g/mol. The minimum Gasteiger partial charge on any atom is -0.496 e. The van der Waals surface area contributed by atoms with Crippen molar-refractivity contribution in [2.45, 2.75) is 19.4 Å². The molecule has 18 heavy (non-hydrogen) atoms. The highest BCUT2D eigenvalue weighted by molar-refractivity contribution is 7.10. The number of nitrogens with two attached hydrogens (primary N) is 1. The summed E-state index contributed by atoms with van der Waals surface area (Å²) in [5.74, 6) is 6.57. The summed E-state index contributed by atoms with van der Waals surface area (Å²) in [6, 6.07) is 10.4. The zero-order valence-corrected chi connectivity index (χ0v) is 11.5. The first-order chi connectivity index (χ1) is 8.80. The molecule has 0 bridgehead atoms. The van der Waals surface area contributed by atoms with Gasteiger partial charge in [0.15, 0.2) is 0 Å². The number of methoxy groups -OCH3 is 1. The first kappa shape index (κ1) is 13.1. The quantitative estimate of drug-likeness (QED) is 0.643. The van der Waals surface area contributed by atoms with Crippen molar-refractivity contribution in [3.8, 4) is 5.75 Å². The molecular weight excluding hydrogens is 244 g/mol. The molecule has 0 spiro atoms. The predicted octanol–water partition coefficient (Wildman–Crippen LogP) is 2.87. The minimum atomic E-state index is -0.0224. The Hall–Kier alpha value is -1.36. The van der Waals surface area contributed by atoms with Gasteiger partial charge in [0.25, 0.3) is 0 Å². The van der Waals surface area contributed by atoms with Crippen molar-refractivity contribution in [1.29, 1.82) is 0 Å². The third-order valence-electron chi connectivity index (χ3n) is 3.03. The highest BCUT2D eigenvalue weighted by Gasteiger charge is 2.18. The zero-order chi connectivity index (χ0) is 13.0. The van der Waals surface area contributed by atoms with Crippen molar-refractivity contribution in [2.75, 3.05) is 7.11 Å². The van der Waals surface area contributed by atoms with Gasteiger partial charge in [-0.3, -0.25) is 5.84 Å². The fourth-order valence-electron chi connectivity index (χ4n) is 1.96. The van der Waals surface area contributed by atoms with Crippen LogP contribution in [0.1, 0.15) is 29.0 Å². The van der Waals surface area contributed by atoms with E-state index in [-0.39, 0.29) is 6.04 Å². The molecule has 1 atom stereocenters. The molecule has 1 unspecified atom stereocenters. The Morgan fingerprint density at radius 3 is 2.56 bits per heavy atom. The second-order valence-electron chi connectivity index (χ2n) is 4.05. The van der Waals surface area contributed by atoms with Crippen molar-refractivity contribution in [1.82, 2.24) is 5.43 Å². The van der Waals surface area contributed by atoms with Crippen LogP contribution in [0.4, 0.5) is 0 Å². The molecule has 0 saturated carbocycles. The number of hydrogen-bond donors (Lipinski definition) is 2. The third kappa shape index (κ3) is 2.56. The van der Waals surface area contributed by atoms with Crippen LogP contribution in [-0.4, -0.2) is 7.11 Å². The van der Waals surface area contributed by atoms with E-state index in [1.807, 2.05) is 11.4 Å². The van der Waals surface area contributed by atoms with Gasteiger partial charge in [0.2, 0.25) is 0 Å². The smallest absolute Gasteiger partial charge is 0.134 e. The lowest BCUT2D eigenvalue weighted by Crippen LogP contribution is -2.28. The standard InChI is InChI=1S/C14H18N2OS/c1-3-10-4-6-11(7-5-10)13(16-15)14-12(17-2)8-9-18-14/h4-9,13,16H,3,15H2,1-2H3. The molecule has 1 heterocycles. The van der Waals surface area contributed by atoms with Crippen molar-refractivity contribution in [2.24, 2.45) is 5.84 Å². The lowest BCUT2D eigenvalue weighted by molar-refractivity contribution is 0.408. The fraction of sp³-hybridized carbons (Fsp3) is 0.286. The normalized spacial score (nSPS) is 12.4. The van der Waals surface area contributed by atoms with E-state index in [0.717, 1.165) is 22.6 Å². The number of rotatable bonds is 5. The van der Waals surface area contributed by atoms with Crippen LogP contribution in [0.5, 0.6) is 5.75 Å². The number of hydrogen-bond acceptors (Lipinski definition) is 4.